The first kappa shape index (κ1) is 17.7. The Labute approximate surface area is 129 Å². The lowest BCUT2D eigenvalue weighted by Gasteiger charge is -2.27. The van der Waals surface area contributed by atoms with Crippen LogP contribution in [0.25, 0.3) is 0 Å². The number of carbonyl (C=O) groups is 1. The van der Waals surface area contributed by atoms with E-state index in [-0.39, 0.29) is 35.1 Å². The number of carbonyl (C=O) groups excluding carboxylic acids is 1. The highest BCUT2D eigenvalue weighted by Gasteiger charge is 2.68. The minimum atomic E-state index is 0. The molecular formula is C15H30ClN3O. The van der Waals surface area contributed by atoms with Crippen molar-refractivity contribution < 1.29 is 4.79 Å². The van der Waals surface area contributed by atoms with Gasteiger partial charge in [0.2, 0.25) is 5.91 Å². The Hall–Kier alpha value is -0.320. The largest absolute Gasteiger partial charge is 0.356 e. The molecule has 0 atom stereocenters. The van der Waals surface area contributed by atoms with Crippen LogP contribution < -0.4 is 10.6 Å². The van der Waals surface area contributed by atoms with E-state index in [1.165, 1.54) is 0 Å². The highest BCUT2D eigenvalue weighted by molar-refractivity contribution is 5.85. The monoisotopic (exact) mass is 303 g/mol. The lowest BCUT2D eigenvalue weighted by atomic mass is 10.0. The highest BCUT2D eigenvalue weighted by Crippen LogP contribution is 2.68. The van der Waals surface area contributed by atoms with Crippen molar-refractivity contribution in [3.05, 3.63) is 0 Å². The predicted octanol–water partition coefficient (Wildman–Crippen LogP) is 1.50. The summed E-state index contributed by atoms with van der Waals surface area (Å²) < 4.78 is 0. The summed E-state index contributed by atoms with van der Waals surface area (Å²) >= 11 is 0. The number of piperazine rings is 1. The third kappa shape index (κ3) is 3.46. The molecular weight excluding hydrogens is 274 g/mol. The molecule has 118 valence electrons. The Morgan fingerprint density at radius 1 is 1.20 bits per heavy atom. The molecule has 2 fully saturated rings. The molecule has 4 nitrogen and oxygen atoms in total. The molecule has 0 unspecified atom stereocenters. The maximum absolute atomic E-state index is 12.2. The summed E-state index contributed by atoms with van der Waals surface area (Å²) in [5, 5.41) is 6.47. The fourth-order valence-electron chi connectivity index (χ4n) is 3.40. The molecule has 20 heavy (non-hydrogen) atoms. The fraction of sp³-hybridized carbons (Fsp3) is 0.933. The normalized spacial score (nSPS) is 24.8. The lowest BCUT2D eigenvalue weighted by Crippen LogP contribution is -2.44. The van der Waals surface area contributed by atoms with Crippen LogP contribution in [0.3, 0.4) is 0 Å². The molecule has 1 aliphatic heterocycles. The van der Waals surface area contributed by atoms with E-state index in [1.807, 2.05) is 0 Å². The van der Waals surface area contributed by atoms with Crippen LogP contribution in [0.15, 0.2) is 0 Å². The van der Waals surface area contributed by atoms with E-state index in [1.54, 1.807) is 0 Å². The maximum Gasteiger partial charge on any atom is 0.224 e. The zero-order valence-electron chi connectivity index (χ0n) is 13.3. The van der Waals surface area contributed by atoms with E-state index in [0.717, 1.165) is 45.7 Å². The number of hydrogen-bond acceptors (Lipinski definition) is 3. The Kier molecular flexibility index (Phi) is 5.88. The second-order valence-electron chi connectivity index (χ2n) is 7.11. The number of rotatable bonds is 5. The molecule has 0 aromatic rings. The molecule has 0 aromatic heterocycles. The molecule has 2 rings (SSSR count). The fourth-order valence-corrected chi connectivity index (χ4v) is 3.40. The van der Waals surface area contributed by atoms with Crippen molar-refractivity contribution in [1.82, 2.24) is 15.5 Å². The van der Waals surface area contributed by atoms with E-state index in [0.29, 0.717) is 0 Å². The van der Waals surface area contributed by atoms with E-state index < -0.39 is 0 Å². The van der Waals surface area contributed by atoms with Gasteiger partial charge in [0, 0.05) is 38.6 Å². The summed E-state index contributed by atoms with van der Waals surface area (Å²) in [6, 6.07) is 0. The van der Waals surface area contributed by atoms with E-state index in [2.05, 4.69) is 43.2 Å². The van der Waals surface area contributed by atoms with Crippen molar-refractivity contribution in [2.45, 2.75) is 34.1 Å². The van der Waals surface area contributed by atoms with Gasteiger partial charge in [-0.15, -0.1) is 12.4 Å². The number of hydrogen-bond donors (Lipinski definition) is 2. The van der Waals surface area contributed by atoms with Crippen molar-refractivity contribution in [1.29, 1.82) is 0 Å². The van der Waals surface area contributed by atoms with Gasteiger partial charge in [-0.05, 0) is 23.8 Å². The zero-order chi connectivity index (χ0) is 14.1. The average molecular weight is 304 g/mol. The summed E-state index contributed by atoms with van der Waals surface area (Å²) in [6.45, 7) is 15.1. The number of amides is 1. The van der Waals surface area contributed by atoms with Gasteiger partial charge >= 0.3 is 0 Å². The minimum absolute atomic E-state index is 0. The molecule has 0 radical (unpaired) electrons. The number of halogens is 1. The van der Waals surface area contributed by atoms with Crippen molar-refractivity contribution in [2.75, 3.05) is 39.3 Å². The van der Waals surface area contributed by atoms with Crippen LogP contribution >= 0.6 is 12.4 Å². The van der Waals surface area contributed by atoms with Crippen LogP contribution in [0.2, 0.25) is 0 Å². The van der Waals surface area contributed by atoms with Gasteiger partial charge in [0.1, 0.15) is 0 Å². The Bertz CT molecular complexity index is 324. The van der Waals surface area contributed by atoms with Gasteiger partial charge < -0.3 is 15.5 Å². The van der Waals surface area contributed by atoms with Crippen LogP contribution in [0.5, 0.6) is 0 Å². The van der Waals surface area contributed by atoms with E-state index in [9.17, 15) is 4.79 Å². The quantitative estimate of drug-likeness (QED) is 0.757. The minimum Gasteiger partial charge on any atom is -0.356 e. The molecule has 1 saturated carbocycles. The van der Waals surface area contributed by atoms with Gasteiger partial charge in [0.05, 0.1) is 0 Å². The molecule has 1 saturated heterocycles. The molecule has 5 heteroatoms. The molecule has 0 spiro atoms. The van der Waals surface area contributed by atoms with Gasteiger partial charge in [-0.1, -0.05) is 27.7 Å². The van der Waals surface area contributed by atoms with Gasteiger partial charge in [0.15, 0.2) is 0 Å². The SMILES string of the molecule is CC1(C)C(C(=O)NCCCN2CCNCC2)C1(C)C.Cl. The Morgan fingerprint density at radius 2 is 1.75 bits per heavy atom. The van der Waals surface area contributed by atoms with Crippen molar-refractivity contribution >= 4 is 18.3 Å². The summed E-state index contributed by atoms with van der Waals surface area (Å²) in [5.41, 5.74) is 0.297. The number of nitrogens with zero attached hydrogens (tertiary/aromatic N) is 1. The third-order valence-corrected chi connectivity index (χ3v) is 5.44. The second kappa shape index (κ2) is 6.63. The highest BCUT2D eigenvalue weighted by atomic mass is 35.5. The summed E-state index contributed by atoms with van der Waals surface area (Å²) in [7, 11) is 0. The first-order valence-corrected chi connectivity index (χ1v) is 7.58. The van der Waals surface area contributed by atoms with Crippen LogP contribution in [0.4, 0.5) is 0 Å². The first-order chi connectivity index (χ1) is 8.87. The smallest absolute Gasteiger partial charge is 0.224 e. The van der Waals surface area contributed by atoms with Gasteiger partial charge in [0.25, 0.3) is 0 Å². The van der Waals surface area contributed by atoms with Gasteiger partial charge in [-0.3, -0.25) is 4.79 Å². The van der Waals surface area contributed by atoms with Crippen molar-refractivity contribution in [3.63, 3.8) is 0 Å². The maximum atomic E-state index is 12.2. The van der Waals surface area contributed by atoms with Crippen LogP contribution in [-0.4, -0.2) is 50.1 Å². The standard InChI is InChI=1S/C15H29N3O.ClH/c1-14(2)12(15(14,3)4)13(19)17-6-5-9-18-10-7-16-8-11-18;/h12,16H,5-11H2,1-4H3,(H,17,19);1H. The summed E-state index contributed by atoms with van der Waals surface area (Å²) in [6.07, 6.45) is 1.05. The second-order valence-corrected chi connectivity index (χ2v) is 7.11. The summed E-state index contributed by atoms with van der Waals surface area (Å²) in [5.74, 6) is 0.425. The predicted molar refractivity (Wildman–Crippen MR) is 85.2 cm³/mol. The van der Waals surface area contributed by atoms with Crippen molar-refractivity contribution in [3.8, 4) is 0 Å². The molecule has 2 aliphatic rings. The average Bonchev–Trinajstić information content (AvgIpc) is 2.76. The molecule has 1 heterocycles. The number of nitrogens with one attached hydrogen (secondary N) is 2. The molecule has 1 aliphatic carbocycles. The zero-order valence-corrected chi connectivity index (χ0v) is 14.1. The van der Waals surface area contributed by atoms with E-state index >= 15 is 0 Å². The third-order valence-electron chi connectivity index (χ3n) is 5.44. The van der Waals surface area contributed by atoms with Gasteiger partial charge in [-0.25, -0.2) is 0 Å². The van der Waals surface area contributed by atoms with Crippen LogP contribution in [-0.2, 0) is 4.79 Å². The lowest BCUT2D eigenvalue weighted by molar-refractivity contribution is -0.123. The molecule has 1 amide bonds. The van der Waals surface area contributed by atoms with Crippen molar-refractivity contribution in [2.24, 2.45) is 16.7 Å². The molecule has 2 N–H and O–H groups in total. The Morgan fingerprint density at radius 3 is 2.25 bits per heavy atom. The van der Waals surface area contributed by atoms with Crippen LogP contribution in [0, 0.1) is 16.7 Å². The van der Waals surface area contributed by atoms with Gasteiger partial charge in [-0.2, -0.15) is 0 Å². The molecule has 0 bridgehead atoms. The van der Waals surface area contributed by atoms with E-state index in [4.69, 9.17) is 0 Å². The summed E-state index contributed by atoms with van der Waals surface area (Å²) in [4.78, 5) is 14.6. The first-order valence-electron chi connectivity index (χ1n) is 7.58. The van der Waals surface area contributed by atoms with Crippen LogP contribution in [0.1, 0.15) is 34.1 Å². The Balaban J connectivity index is 0.00000200. The molecule has 0 aromatic carbocycles. The topological polar surface area (TPSA) is 44.4 Å².